The van der Waals surface area contributed by atoms with Crippen LogP contribution in [0.15, 0.2) is 42.5 Å². The summed E-state index contributed by atoms with van der Waals surface area (Å²) in [5, 5.41) is 2.80. The van der Waals surface area contributed by atoms with Crippen LogP contribution in [-0.4, -0.2) is 44.7 Å². The molecule has 0 aliphatic carbocycles. The summed E-state index contributed by atoms with van der Waals surface area (Å²) in [6, 6.07) is 11.2. The number of ether oxygens (including phenoxy) is 2. The normalized spacial score (nSPS) is 11.9. The van der Waals surface area contributed by atoms with Crippen LogP contribution in [0.5, 0.6) is 11.5 Å². The predicted octanol–water partition coefficient (Wildman–Crippen LogP) is 3.34. The van der Waals surface area contributed by atoms with Gasteiger partial charge in [-0.3, -0.25) is 9.69 Å². The Morgan fingerprint density at radius 2 is 1.77 bits per heavy atom. The fourth-order valence-corrected chi connectivity index (χ4v) is 2.52. The van der Waals surface area contributed by atoms with E-state index in [0.29, 0.717) is 23.7 Å². The largest absolute Gasteiger partial charge is 0.493 e. The molecule has 0 saturated carbocycles. The minimum absolute atomic E-state index is 0.133. The number of hydrogen-bond acceptors (Lipinski definition) is 4. The highest BCUT2D eigenvalue weighted by atomic mass is 19.1. The summed E-state index contributed by atoms with van der Waals surface area (Å²) >= 11 is 0. The molecule has 2 aromatic carbocycles. The van der Waals surface area contributed by atoms with Gasteiger partial charge in [-0.05, 0) is 62.4 Å². The van der Waals surface area contributed by atoms with E-state index in [9.17, 15) is 9.18 Å². The summed E-state index contributed by atoms with van der Waals surface area (Å²) in [5.74, 6) is 0.918. The predicted molar refractivity (Wildman–Crippen MR) is 100 cm³/mol. The smallest absolute Gasteiger partial charge is 0.241 e. The first-order valence-corrected chi connectivity index (χ1v) is 8.42. The van der Waals surface area contributed by atoms with Crippen LogP contribution in [0.25, 0.3) is 0 Å². The zero-order valence-electron chi connectivity index (χ0n) is 15.6. The molecular formula is C20H25FN2O3. The quantitative estimate of drug-likeness (QED) is 0.784. The molecule has 0 aliphatic heterocycles. The Labute approximate surface area is 153 Å². The van der Waals surface area contributed by atoms with E-state index in [1.54, 1.807) is 26.4 Å². The molecule has 0 heterocycles. The first kappa shape index (κ1) is 19.7. The monoisotopic (exact) mass is 360 g/mol. The SMILES string of the molecule is COc1ccc(CCN(C)[C@H](C)C(=O)Nc2ccc(F)cc2)cc1OC. The average Bonchev–Trinajstić information content (AvgIpc) is 2.66. The van der Waals surface area contributed by atoms with E-state index in [1.807, 2.05) is 37.1 Å². The lowest BCUT2D eigenvalue weighted by Gasteiger charge is -2.24. The molecule has 26 heavy (non-hydrogen) atoms. The highest BCUT2D eigenvalue weighted by molar-refractivity contribution is 5.94. The Morgan fingerprint density at radius 3 is 2.38 bits per heavy atom. The summed E-state index contributed by atoms with van der Waals surface area (Å²) in [6.45, 7) is 2.54. The number of nitrogens with zero attached hydrogens (tertiary/aromatic N) is 1. The lowest BCUT2D eigenvalue weighted by molar-refractivity contribution is -0.120. The molecule has 2 rings (SSSR count). The van der Waals surface area contributed by atoms with Crippen molar-refractivity contribution in [2.75, 3.05) is 33.1 Å². The lowest BCUT2D eigenvalue weighted by Crippen LogP contribution is -2.40. The molecule has 1 atom stereocenters. The second-order valence-electron chi connectivity index (χ2n) is 6.09. The van der Waals surface area contributed by atoms with Crippen molar-refractivity contribution in [3.8, 4) is 11.5 Å². The molecule has 0 fully saturated rings. The number of halogens is 1. The Hall–Kier alpha value is -2.60. The maximum absolute atomic E-state index is 12.9. The second kappa shape index (κ2) is 9.20. The van der Waals surface area contributed by atoms with Crippen molar-refractivity contribution in [3.63, 3.8) is 0 Å². The molecule has 1 N–H and O–H groups in total. The van der Waals surface area contributed by atoms with Crippen molar-refractivity contribution in [1.29, 1.82) is 0 Å². The van der Waals surface area contributed by atoms with Crippen molar-refractivity contribution in [3.05, 3.63) is 53.8 Å². The fraction of sp³-hybridized carbons (Fsp3) is 0.350. The van der Waals surface area contributed by atoms with E-state index < -0.39 is 0 Å². The van der Waals surface area contributed by atoms with Crippen LogP contribution < -0.4 is 14.8 Å². The molecule has 0 aromatic heterocycles. The number of methoxy groups -OCH3 is 2. The van der Waals surface area contributed by atoms with Gasteiger partial charge in [0.05, 0.1) is 20.3 Å². The topological polar surface area (TPSA) is 50.8 Å². The van der Waals surface area contributed by atoms with Crippen LogP contribution >= 0.6 is 0 Å². The Bertz CT molecular complexity index is 734. The maximum Gasteiger partial charge on any atom is 0.241 e. The first-order chi connectivity index (χ1) is 12.4. The van der Waals surface area contributed by atoms with Crippen molar-refractivity contribution in [1.82, 2.24) is 4.90 Å². The van der Waals surface area contributed by atoms with Crippen LogP contribution in [0.4, 0.5) is 10.1 Å². The molecule has 0 spiro atoms. The van der Waals surface area contributed by atoms with Crippen LogP contribution in [0, 0.1) is 5.82 Å². The highest BCUT2D eigenvalue weighted by Gasteiger charge is 2.18. The van der Waals surface area contributed by atoms with Gasteiger partial charge in [0, 0.05) is 12.2 Å². The van der Waals surface area contributed by atoms with E-state index in [1.165, 1.54) is 12.1 Å². The number of rotatable bonds is 8. The van der Waals surface area contributed by atoms with Gasteiger partial charge in [-0.15, -0.1) is 0 Å². The highest BCUT2D eigenvalue weighted by Crippen LogP contribution is 2.27. The Kier molecular flexibility index (Phi) is 6.97. The number of benzene rings is 2. The number of carbonyl (C=O) groups excluding carboxylic acids is 1. The Morgan fingerprint density at radius 1 is 1.12 bits per heavy atom. The van der Waals surface area contributed by atoms with Crippen molar-refractivity contribution < 1.29 is 18.7 Å². The summed E-state index contributed by atoms with van der Waals surface area (Å²) in [6.07, 6.45) is 0.769. The van der Waals surface area contributed by atoms with Gasteiger partial charge in [-0.25, -0.2) is 4.39 Å². The third-order valence-electron chi connectivity index (χ3n) is 4.35. The number of hydrogen-bond donors (Lipinski definition) is 1. The molecule has 140 valence electrons. The number of carbonyl (C=O) groups is 1. The zero-order valence-corrected chi connectivity index (χ0v) is 15.6. The van der Waals surface area contributed by atoms with Gasteiger partial charge >= 0.3 is 0 Å². The Balaban J connectivity index is 1.91. The molecular weight excluding hydrogens is 335 g/mol. The van der Waals surface area contributed by atoms with Gasteiger partial charge in [0.15, 0.2) is 11.5 Å². The van der Waals surface area contributed by atoms with Gasteiger partial charge < -0.3 is 14.8 Å². The molecule has 0 saturated heterocycles. The van der Waals surface area contributed by atoms with Gasteiger partial charge in [0.2, 0.25) is 5.91 Å². The van der Waals surface area contributed by atoms with E-state index in [4.69, 9.17) is 9.47 Å². The van der Waals surface area contributed by atoms with E-state index in [0.717, 1.165) is 12.0 Å². The molecule has 2 aromatic rings. The van der Waals surface area contributed by atoms with E-state index >= 15 is 0 Å². The molecule has 0 radical (unpaired) electrons. The standard InChI is InChI=1S/C20H25FN2O3/c1-14(20(24)22-17-8-6-16(21)7-9-17)23(2)12-11-15-5-10-18(25-3)19(13-15)26-4/h5-10,13-14H,11-12H2,1-4H3,(H,22,24)/t14-/m1/s1. The third kappa shape index (κ3) is 5.20. The molecule has 0 unspecified atom stereocenters. The average molecular weight is 360 g/mol. The van der Waals surface area contributed by atoms with Crippen LogP contribution in [0.3, 0.4) is 0 Å². The van der Waals surface area contributed by atoms with Gasteiger partial charge in [0.1, 0.15) is 5.82 Å². The molecule has 1 amide bonds. The lowest BCUT2D eigenvalue weighted by atomic mass is 10.1. The summed E-state index contributed by atoms with van der Waals surface area (Å²) in [5.41, 5.74) is 1.68. The summed E-state index contributed by atoms with van der Waals surface area (Å²) < 4.78 is 23.5. The molecule has 0 aliphatic rings. The second-order valence-corrected chi connectivity index (χ2v) is 6.09. The van der Waals surface area contributed by atoms with Gasteiger partial charge in [-0.2, -0.15) is 0 Å². The fourth-order valence-electron chi connectivity index (χ4n) is 2.52. The minimum Gasteiger partial charge on any atom is -0.493 e. The van der Waals surface area contributed by atoms with Crippen LogP contribution in [-0.2, 0) is 11.2 Å². The van der Waals surface area contributed by atoms with Crippen LogP contribution in [0.1, 0.15) is 12.5 Å². The van der Waals surface area contributed by atoms with E-state index in [-0.39, 0.29) is 17.8 Å². The summed E-state index contributed by atoms with van der Waals surface area (Å²) in [4.78, 5) is 14.3. The minimum atomic E-state index is -0.330. The van der Waals surface area contributed by atoms with Gasteiger partial charge in [-0.1, -0.05) is 6.07 Å². The zero-order chi connectivity index (χ0) is 19.1. The molecule has 5 nitrogen and oxygen atoms in total. The van der Waals surface area contributed by atoms with Crippen molar-refractivity contribution >= 4 is 11.6 Å². The van der Waals surface area contributed by atoms with Gasteiger partial charge in [0.25, 0.3) is 0 Å². The molecule has 6 heteroatoms. The van der Waals surface area contributed by atoms with E-state index in [2.05, 4.69) is 5.32 Å². The number of likely N-dealkylation sites (N-methyl/N-ethyl adjacent to an activating group) is 1. The number of anilines is 1. The third-order valence-corrected chi connectivity index (χ3v) is 4.35. The number of amides is 1. The molecule has 0 bridgehead atoms. The van der Waals surface area contributed by atoms with Crippen molar-refractivity contribution in [2.45, 2.75) is 19.4 Å². The maximum atomic E-state index is 12.9. The summed E-state index contributed by atoms with van der Waals surface area (Å²) in [7, 11) is 5.11. The first-order valence-electron chi connectivity index (χ1n) is 8.42. The van der Waals surface area contributed by atoms with Crippen LogP contribution in [0.2, 0.25) is 0 Å². The van der Waals surface area contributed by atoms with Crippen molar-refractivity contribution in [2.24, 2.45) is 0 Å². The number of nitrogens with one attached hydrogen (secondary N) is 1.